The van der Waals surface area contributed by atoms with Gasteiger partial charge in [-0.15, -0.1) is 0 Å². The van der Waals surface area contributed by atoms with Crippen molar-refractivity contribution in [1.82, 2.24) is 5.32 Å². The van der Waals surface area contributed by atoms with E-state index in [1.807, 2.05) is 0 Å². The normalized spacial score (nSPS) is 25.7. The number of carbonyl (C=O) groups is 2. The maximum Gasteiger partial charge on any atom is 0.308 e. The lowest BCUT2D eigenvalue weighted by molar-refractivity contribution is -0.143. The minimum atomic E-state index is -0.774. The molecule has 1 amide bonds. The summed E-state index contributed by atoms with van der Waals surface area (Å²) in [5, 5.41) is 12.2. The summed E-state index contributed by atoms with van der Waals surface area (Å²) in [6.45, 7) is 6.26. The SMILES string of the molecule is CC(C)C(C)CC(=O)N[C@H]1CCCCC[C@H]1C(=O)O. The number of nitrogens with one attached hydrogen (secondary N) is 1. The molecule has 1 aliphatic carbocycles. The third-order valence-electron chi connectivity index (χ3n) is 4.32. The lowest BCUT2D eigenvalue weighted by Gasteiger charge is -2.24. The Morgan fingerprint density at radius 3 is 2.37 bits per heavy atom. The van der Waals surface area contributed by atoms with Crippen LogP contribution in [0.4, 0.5) is 0 Å². The Hall–Kier alpha value is -1.06. The minimum Gasteiger partial charge on any atom is -0.481 e. The molecule has 1 rings (SSSR count). The molecule has 0 aromatic rings. The van der Waals surface area contributed by atoms with E-state index in [4.69, 9.17) is 0 Å². The van der Waals surface area contributed by atoms with Crippen LogP contribution in [-0.4, -0.2) is 23.0 Å². The van der Waals surface area contributed by atoms with Gasteiger partial charge in [0.1, 0.15) is 0 Å². The molecule has 110 valence electrons. The van der Waals surface area contributed by atoms with Gasteiger partial charge in [0.2, 0.25) is 5.91 Å². The molecular weight excluding hydrogens is 242 g/mol. The Labute approximate surface area is 116 Å². The fraction of sp³-hybridized carbons (Fsp3) is 0.867. The highest BCUT2D eigenvalue weighted by Crippen LogP contribution is 2.24. The van der Waals surface area contributed by atoms with Gasteiger partial charge in [-0.3, -0.25) is 9.59 Å². The Morgan fingerprint density at radius 1 is 1.16 bits per heavy atom. The van der Waals surface area contributed by atoms with Crippen LogP contribution in [0.1, 0.15) is 59.3 Å². The molecule has 0 aliphatic heterocycles. The first-order valence-electron chi connectivity index (χ1n) is 7.44. The van der Waals surface area contributed by atoms with Crippen molar-refractivity contribution >= 4 is 11.9 Å². The average Bonchev–Trinajstić information content (AvgIpc) is 2.54. The fourth-order valence-corrected chi connectivity index (χ4v) is 2.57. The summed E-state index contributed by atoms with van der Waals surface area (Å²) in [5.41, 5.74) is 0. The van der Waals surface area contributed by atoms with Gasteiger partial charge in [-0.05, 0) is 24.7 Å². The van der Waals surface area contributed by atoms with E-state index in [0.717, 1.165) is 25.7 Å². The Bertz CT molecular complexity index is 315. The van der Waals surface area contributed by atoms with Crippen molar-refractivity contribution in [3.63, 3.8) is 0 Å². The van der Waals surface area contributed by atoms with E-state index in [0.29, 0.717) is 24.7 Å². The molecule has 3 atom stereocenters. The molecule has 1 aliphatic rings. The maximum absolute atomic E-state index is 12.0. The van der Waals surface area contributed by atoms with E-state index < -0.39 is 11.9 Å². The highest BCUT2D eigenvalue weighted by Gasteiger charge is 2.30. The standard InChI is InChI=1S/C15H27NO3/c1-10(2)11(3)9-14(17)16-13-8-6-4-5-7-12(13)15(18)19/h10-13H,4-9H2,1-3H3,(H,16,17)(H,18,19)/t11?,12-,13+/m1/s1. The first-order chi connectivity index (χ1) is 8.91. The van der Waals surface area contributed by atoms with E-state index >= 15 is 0 Å². The summed E-state index contributed by atoms with van der Waals surface area (Å²) in [4.78, 5) is 23.3. The van der Waals surface area contributed by atoms with Crippen LogP contribution in [0.15, 0.2) is 0 Å². The van der Waals surface area contributed by atoms with Crippen LogP contribution in [-0.2, 0) is 9.59 Å². The van der Waals surface area contributed by atoms with Crippen LogP contribution in [0, 0.1) is 17.8 Å². The van der Waals surface area contributed by atoms with Gasteiger partial charge in [0.05, 0.1) is 5.92 Å². The smallest absolute Gasteiger partial charge is 0.308 e. The molecule has 4 heteroatoms. The molecule has 19 heavy (non-hydrogen) atoms. The van der Waals surface area contributed by atoms with Gasteiger partial charge < -0.3 is 10.4 Å². The van der Waals surface area contributed by atoms with Crippen molar-refractivity contribution in [1.29, 1.82) is 0 Å². The number of carboxylic acid groups (broad SMARTS) is 1. The Morgan fingerprint density at radius 2 is 1.79 bits per heavy atom. The zero-order valence-electron chi connectivity index (χ0n) is 12.3. The molecular formula is C15H27NO3. The summed E-state index contributed by atoms with van der Waals surface area (Å²) in [7, 11) is 0. The molecule has 1 unspecified atom stereocenters. The van der Waals surface area contributed by atoms with E-state index in [1.54, 1.807) is 0 Å². The van der Waals surface area contributed by atoms with E-state index in [-0.39, 0.29) is 11.9 Å². The van der Waals surface area contributed by atoms with Crippen molar-refractivity contribution in [2.75, 3.05) is 0 Å². The zero-order chi connectivity index (χ0) is 14.4. The second-order valence-electron chi connectivity index (χ2n) is 6.18. The largest absolute Gasteiger partial charge is 0.481 e. The minimum absolute atomic E-state index is 0.000602. The van der Waals surface area contributed by atoms with Crippen LogP contribution in [0.2, 0.25) is 0 Å². The number of carboxylic acids is 1. The molecule has 0 radical (unpaired) electrons. The van der Waals surface area contributed by atoms with Gasteiger partial charge in [-0.1, -0.05) is 40.0 Å². The van der Waals surface area contributed by atoms with Crippen molar-refractivity contribution in [3.05, 3.63) is 0 Å². The van der Waals surface area contributed by atoms with Crippen molar-refractivity contribution < 1.29 is 14.7 Å². The topological polar surface area (TPSA) is 66.4 Å². The fourth-order valence-electron chi connectivity index (χ4n) is 2.57. The summed E-state index contributed by atoms with van der Waals surface area (Å²) in [5.74, 6) is -0.395. The van der Waals surface area contributed by atoms with Gasteiger partial charge in [-0.25, -0.2) is 0 Å². The van der Waals surface area contributed by atoms with E-state index in [1.165, 1.54) is 0 Å². The van der Waals surface area contributed by atoms with Crippen molar-refractivity contribution in [3.8, 4) is 0 Å². The molecule has 1 fully saturated rings. The first kappa shape index (κ1) is 16.0. The average molecular weight is 269 g/mol. The number of hydrogen-bond acceptors (Lipinski definition) is 2. The molecule has 1 saturated carbocycles. The molecule has 2 N–H and O–H groups in total. The van der Waals surface area contributed by atoms with Gasteiger partial charge >= 0.3 is 5.97 Å². The predicted molar refractivity (Wildman–Crippen MR) is 74.8 cm³/mol. The van der Waals surface area contributed by atoms with Gasteiger partial charge in [0, 0.05) is 12.5 Å². The van der Waals surface area contributed by atoms with Gasteiger partial charge in [0.25, 0.3) is 0 Å². The van der Waals surface area contributed by atoms with Crippen LogP contribution in [0.3, 0.4) is 0 Å². The highest BCUT2D eigenvalue weighted by atomic mass is 16.4. The number of carbonyl (C=O) groups excluding carboxylic acids is 1. The second kappa shape index (κ2) is 7.51. The number of aliphatic carboxylic acids is 1. The molecule has 0 aromatic carbocycles. The zero-order valence-corrected chi connectivity index (χ0v) is 12.3. The van der Waals surface area contributed by atoms with Gasteiger partial charge in [0.15, 0.2) is 0 Å². The predicted octanol–water partition coefficient (Wildman–Crippen LogP) is 2.82. The third-order valence-corrected chi connectivity index (χ3v) is 4.32. The first-order valence-corrected chi connectivity index (χ1v) is 7.44. The van der Waals surface area contributed by atoms with Crippen LogP contribution in [0.25, 0.3) is 0 Å². The third kappa shape index (κ3) is 5.21. The number of rotatable bonds is 5. The highest BCUT2D eigenvalue weighted by molar-refractivity contribution is 5.78. The quantitative estimate of drug-likeness (QED) is 0.754. The number of hydrogen-bond donors (Lipinski definition) is 2. The van der Waals surface area contributed by atoms with Crippen molar-refractivity contribution in [2.24, 2.45) is 17.8 Å². The Balaban J connectivity index is 2.56. The Kier molecular flexibility index (Phi) is 6.32. The molecule has 0 heterocycles. The monoisotopic (exact) mass is 269 g/mol. The van der Waals surface area contributed by atoms with Gasteiger partial charge in [-0.2, -0.15) is 0 Å². The summed E-state index contributed by atoms with van der Waals surface area (Å²) in [6.07, 6.45) is 4.98. The molecule has 0 spiro atoms. The second-order valence-corrected chi connectivity index (χ2v) is 6.18. The molecule has 0 bridgehead atoms. The van der Waals surface area contributed by atoms with Crippen LogP contribution < -0.4 is 5.32 Å². The van der Waals surface area contributed by atoms with E-state index in [9.17, 15) is 14.7 Å². The van der Waals surface area contributed by atoms with Crippen molar-refractivity contribution in [2.45, 2.75) is 65.3 Å². The lowest BCUT2D eigenvalue weighted by Crippen LogP contribution is -2.43. The van der Waals surface area contributed by atoms with E-state index in [2.05, 4.69) is 26.1 Å². The summed E-state index contributed by atoms with van der Waals surface area (Å²) >= 11 is 0. The summed E-state index contributed by atoms with van der Waals surface area (Å²) < 4.78 is 0. The van der Waals surface area contributed by atoms with Crippen LogP contribution >= 0.6 is 0 Å². The molecule has 0 saturated heterocycles. The number of amides is 1. The molecule has 0 aromatic heterocycles. The molecule has 4 nitrogen and oxygen atoms in total. The maximum atomic E-state index is 12.0. The van der Waals surface area contributed by atoms with Crippen LogP contribution in [0.5, 0.6) is 0 Å². The summed E-state index contributed by atoms with van der Waals surface area (Å²) in [6, 6.07) is -0.188. The lowest BCUT2D eigenvalue weighted by atomic mass is 9.92.